The summed E-state index contributed by atoms with van der Waals surface area (Å²) in [5, 5.41) is 0. The molecule has 0 spiro atoms. The van der Waals surface area contributed by atoms with E-state index >= 15 is 0 Å². The van der Waals surface area contributed by atoms with E-state index in [1.807, 2.05) is 61.5 Å². The van der Waals surface area contributed by atoms with Gasteiger partial charge in [-0.05, 0) is 36.1 Å². The van der Waals surface area contributed by atoms with Gasteiger partial charge in [0.25, 0.3) is 0 Å². The van der Waals surface area contributed by atoms with Gasteiger partial charge in [0.2, 0.25) is 0 Å². The van der Waals surface area contributed by atoms with E-state index in [0.29, 0.717) is 26.4 Å². The van der Waals surface area contributed by atoms with Crippen molar-refractivity contribution in [3.05, 3.63) is 120 Å². The Hall–Kier alpha value is -2.96. The van der Waals surface area contributed by atoms with Crippen LogP contribution in [0.5, 0.6) is 0 Å². The summed E-state index contributed by atoms with van der Waals surface area (Å²) in [7, 11) is 0. The first-order chi connectivity index (χ1) is 17.8. The van der Waals surface area contributed by atoms with Gasteiger partial charge < -0.3 is 23.7 Å². The molecule has 2 heterocycles. The molecule has 0 aromatic heterocycles. The second kappa shape index (κ2) is 12.3. The molecule has 0 saturated carbocycles. The maximum atomic E-state index is 6.57. The third kappa shape index (κ3) is 6.42. The molecule has 5 atom stereocenters. The lowest BCUT2D eigenvalue weighted by molar-refractivity contribution is -0.266. The monoisotopic (exact) mass is 486 g/mol. The van der Waals surface area contributed by atoms with Crippen molar-refractivity contribution in [2.45, 2.75) is 63.7 Å². The van der Waals surface area contributed by atoms with Crippen molar-refractivity contribution < 1.29 is 23.7 Å². The zero-order chi connectivity index (χ0) is 24.6. The van der Waals surface area contributed by atoms with Crippen LogP contribution in [-0.2, 0) is 43.5 Å². The lowest BCUT2D eigenvalue weighted by atomic mass is 9.91. The largest absolute Gasteiger partial charge is 0.490 e. The summed E-state index contributed by atoms with van der Waals surface area (Å²) < 4.78 is 32.1. The molecule has 5 heteroatoms. The van der Waals surface area contributed by atoms with E-state index in [0.717, 1.165) is 28.9 Å². The third-order valence-electron chi connectivity index (χ3n) is 6.65. The highest BCUT2D eigenvalue weighted by molar-refractivity contribution is 5.16. The van der Waals surface area contributed by atoms with Crippen molar-refractivity contribution in [2.24, 2.45) is 0 Å². The molecule has 0 radical (unpaired) electrons. The lowest BCUT2D eigenvalue weighted by Crippen LogP contribution is -2.61. The Kier molecular flexibility index (Phi) is 8.47. The van der Waals surface area contributed by atoms with Crippen LogP contribution >= 0.6 is 0 Å². The van der Waals surface area contributed by atoms with Gasteiger partial charge in [-0.2, -0.15) is 0 Å². The van der Waals surface area contributed by atoms with Crippen LogP contribution in [0, 0.1) is 0 Å². The zero-order valence-electron chi connectivity index (χ0n) is 20.7. The molecule has 0 amide bonds. The van der Waals surface area contributed by atoms with Crippen LogP contribution in [0.25, 0.3) is 0 Å². The predicted molar refractivity (Wildman–Crippen MR) is 138 cm³/mol. The molecule has 1 saturated heterocycles. The molecule has 0 bridgehead atoms. The van der Waals surface area contributed by atoms with Crippen molar-refractivity contribution in [1.82, 2.24) is 0 Å². The van der Waals surface area contributed by atoms with Gasteiger partial charge >= 0.3 is 0 Å². The first-order valence-electron chi connectivity index (χ1n) is 12.7. The van der Waals surface area contributed by atoms with E-state index in [1.165, 1.54) is 0 Å². The Morgan fingerprint density at radius 3 is 1.81 bits per heavy atom. The molecule has 5 nitrogen and oxygen atoms in total. The van der Waals surface area contributed by atoms with Crippen LogP contribution < -0.4 is 0 Å². The van der Waals surface area contributed by atoms with E-state index in [2.05, 4.69) is 42.5 Å². The fourth-order valence-corrected chi connectivity index (χ4v) is 4.79. The molecule has 3 aromatic carbocycles. The van der Waals surface area contributed by atoms with Crippen molar-refractivity contribution in [3.8, 4) is 0 Å². The summed E-state index contributed by atoms with van der Waals surface area (Å²) in [4.78, 5) is 0. The molecule has 36 heavy (non-hydrogen) atoms. The zero-order valence-corrected chi connectivity index (χ0v) is 20.7. The summed E-state index contributed by atoms with van der Waals surface area (Å²) in [6.07, 6.45) is 1.57. The molecule has 188 valence electrons. The highest BCUT2D eigenvalue weighted by Crippen LogP contribution is 2.35. The van der Waals surface area contributed by atoms with Crippen molar-refractivity contribution in [3.63, 3.8) is 0 Å². The minimum atomic E-state index is -0.350. The van der Waals surface area contributed by atoms with Crippen molar-refractivity contribution >= 4 is 0 Å². The second-order valence-electron chi connectivity index (χ2n) is 9.37. The lowest BCUT2D eigenvalue weighted by Gasteiger charge is -2.47. The maximum absolute atomic E-state index is 6.57. The highest BCUT2D eigenvalue weighted by atomic mass is 16.6. The number of rotatable bonds is 10. The number of allylic oxidation sites excluding steroid dienone is 1. The fourth-order valence-electron chi connectivity index (χ4n) is 4.79. The van der Waals surface area contributed by atoms with Crippen LogP contribution in [0.2, 0.25) is 0 Å². The van der Waals surface area contributed by atoms with Crippen LogP contribution in [0.1, 0.15) is 30.0 Å². The topological polar surface area (TPSA) is 46.2 Å². The van der Waals surface area contributed by atoms with Gasteiger partial charge in [-0.1, -0.05) is 91.0 Å². The Bertz CT molecular complexity index is 1090. The molecule has 2 aliphatic heterocycles. The second-order valence-corrected chi connectivity index (χ2v) is 9.37. The molecule has 2 aliphatic rings. The van der Waals surface area contributed by atoms with Gasteiger partial charge in [0.15, 0.2) is 6.10 Å². The minimum Gasteiger partial charge on any atom is -0.490 e. The van der Waals surface area contributed by atoms with Gasteiger partial charge in [0, 0.05) is 0 Å². The van der Waals surface area contributed by atoms with Gasteiger partial charge in [-0.3, -0.25) is 0 Å². The van der Waals surface area contributed by atoms with Gasteiger partial charge in [0.05, 0.1) is 32.2 Å². The van der Waals surface area contributed by atoms with Gasteiger partial charge in [0.1, 0.15) is 24.4 Å². The first-order valence-corrected chi connectivity index (χ1v) is 12.7. The normalized spacial score (nSPS) is 25.5. The van der Waals surface area contributed by atoms with E-state index in [4.69, 9.17) is 23.7 Å². The summed E-state index contributed by atoms with van der Waals surface area (Å²) in [5.41, 5.74) is 3.35. The molecule has 0 unspecified atom stereocenters. The van der Waals surface area contributed by atoms with Gasteiger partial charge in [-0.15, -0.1) is 0 Å². The first kappa shape index (κ1) is 24.7. The molecule has 0 N–H and O–H groups in total. The van der Waals surface area contributed by atoms with Crippen LogP contribution in [-0.4, -0.2) is 37.1 Å². The SMILES string of the molecule is CC1=CC[C@@H]2O[C@H](COCc3ccccc3)[C@@H](OCc3ccccc3)[C@H](OCc3ccccc3)[C@H]2O1. The summed E-state index contributed by atoms with van der Waals surface area (Å²) >= 11 is 0. The van der Waals surface area contributed by atoms with Crippen LogP contribution in [0.15, 0.2) is 103 Å². The molecule has 0 aliphatic carbocycles. The van der Waals surface area contributed by atoms with E-state index in [1.54, 1.807) is 0 Å². The van der Waals surface area contributed by atoms with Gasteiger partial charge in [-0.25, -0.2) is 0 Å². The van der Waals surface area contributed by atoms with E-state index in [9.17, 15) is 0 Å². The summed E-state index contributed by atoms with van der Waals surface area (Å²) in [6.45, 7) is 3.85. The highest BCUT2D eigenvalue weighted by Gasteiger charge is 2.49. The third-order valence-corrected chi connectivity index (χ3v) is 6.65. The number of ether oxygens (including phenoxy) is 5. The van der Waals surface area contributed by atoms with Crippen molar-refractivity contribution in [2.75, 3.05) is 6.61 Å². The Balaban J connectivity index is 1.35. The maximum Gasteiger partial charge on any atom is 0.153 e. The summed E-state index contributed by atoms with van der Waals surface area (Å²) in [6, 6.07) is 30.6. The summed E-state index contributed by atoms with van der Waals surface area (Å²) in [5.74, 6) is 0.897. The molecule has 3 aromatic rings. The van der Waals surface area contributed by atoms with Crippen molar-refractivity contribution in [1.29, 1.82) is 0 Å². The predicted octanol–water partition coefficient (Wildman–Crippen LogP) is 5.83. The molecular weight excluding hydrogens is 452 g/mol. The average Bonchev–Trinajstić information content (AvgIpc) is 2.93. The standard InChI is InChI=1S/C31H34O5/c1-23-17-18-27-30(35-23)31(34-21-26-15-9-4-10-16-26)29(33-20-25-13-7-3-8-14-25)28(36-27)22-32-19-24-11-5-2-6-12-24/h2-17,27-31H,18-22H2,1H3/t27-,28+,29+,30-,31-/m0/s1. The molecule has 1 fully saturated rings. The number of hydrogen-bond acceptors (Lipinski definition) is 5. The smallest absolute Gasteiger partial charge is 0.153 e. The number of fused-ring (bicyclic) bond motifs is 1. The average molecular weight is 487 g/mol. The minimum absolute atomic E-state index is 0.114. The van der Waals surface area contributed by atoms with E-state index in [-0.39, 0.29) is 30.5 Å². The molecular formula is C31H34O5. The molecule has 5 rings (SSSR count). The number of benzene rings is 3. The van der Waals surface area contributed by atoms with Crippen LogP contribution in [0.4, 0.5) is 0 Å². The quantitative estimate of drug-likeness (QED) is 0.361. The van der Waals surface area contributed by atoms with E-state index < -0.39 is 0 Å². The Labute approximate surface area is 213 Å². The Morgan fingerprint density at radius 2 is 1.22 bits per heavy atom. The van der Waals surface area contributed by atoms with Crippen LogP contribution in [0.3, 0.4) is 0 Å². The number of hydrogen-bond donors (Lipinski definition) is 0. The fraction of sp³-hybridized carbons (Fsp3) is 0.355. The Morgan fingerprint density at radius 1 is 0.694 bits per heavy atom.